The highest BCUT2D eigenvalue weighted by Gasteiger charge is 2.17. The van der Waals surface area contributed by atoms with Gasteiger partial charge in [-0.3, -0.25) is 4.79 Å². The molecule has 132 valence electrons. The van der Waals surface area contributed by atoms with Gasteiger partial charge in [0.1, 0.15) is 13.2 Å². The number of carbonyl (C=O) groups excluding carboxylic acids is 1. The number of benzene rings is 2. The third kappa shape index (κ3) is 3.93. The van der Waals surface area contributed by atoms with Crippen LogP contribution < -0.4 is 14.8 Å². The molecule has 1 aliphatic heterocycles. The highest BCUT2D eigenvalue weighted by atomic mass is 32.2. The Hall–Kier alpha value is -2.54. The van der Waals surface area contributed by atoms with E-state index in [4.69, 9.17) is 9.47 Å². The van der Waals surface area contributed by atoms with Crippen LogP contribution in [0.1, 0.15) is 28.9 Å². The average molecular weight is 361 g/mol. The van der Waals surface area contributed by atoms with Gasteiger partial charge in [0.2, 0.25) is 0 Å². The number of hydrogen-bond donors (Lipinski definition) is 1. The summed E-state index contributed by atoms with van der Waals surface area (Å²) >= 11 is 0. The predicted molar refractivity (Wildman–Crippen MR) is 92.9 cm³/mol. The van der Waals surface area contributed by atoms with Gasteiger partial charge in [0.25, 0.3) is 5.91 Å². The van der Waals surface area contributed by atoms with Crippen molar-refractivity contribution < 1.29 is 22.7 Å². The molecule has 0 aliphatic carbocycles. The Morgan fingerprint density at radius 1 is 1.04 bits per heavy atom. The fourth-order valence-corrected chi connectivity index (χ4v) is 3.18. The van der Waals surface area contributed by atoms with Crippen molar-refractivity contribution in [2.75, 3.05) is 19.5 Å². The summed E-state index contributed by atoms with van der Waals surface area (Å²) in [5, 5.41) is 2.89. The zero-order valence-corrected chi connectivity index (χ0v) is 14.8. The highest BCUT2D eigenvalue weighted by molar-refractivity contribution is 7.90. The summed E-state index contributed by atoms with van der Waals surface area (Å²) in [7, 11) is -3.23. The SMILES string of the molecule is C[C@@H](NC(=O)c1ccc2c(c1)OCCO2)c1ccc(S(C)(=O)=O)cc1. The van der Waals surface area contributed by atoms with E-state index in [1.807, 2.05) is 6.92 Å². The van der Waals surface area contributed by atoms with E-state index in [2.05, 4.69) is 5.32 Å². The molecular formula is C18H19NO5S. The lowest BCUT2D eigenvalue weighted by Gasteiger charge is -2.19. The van der Waals surface area contributed by atoms with Crippen molar-refractivity contribution in [1.82, 2.24) is 5.32 Å². The first-order valence-electron chi connectivity index (χ1n) is 7.85. The van der Waals surface area contributed by atoms with Crippen LogP contribution in [0.15, 0.2) is 47.4 Å². The topological polar surface area (TPSA) is 81.7 Å². The van der Waals surface area contributed by atoms with Crippen LogP contribution in [0.2, 0.25) is 0 Å². The summed E-state index contributed by atoms with van der Waals surface area (Å²) in [4.78, 5) is 12.7. The summed E-state index contributed by atoms with van der Waals surface area (Å²) in [6, 6.07) is 11.3. The molecule has 0 aromatic heterocycles. The van der Waals surface area contributed by atoms with Crippen LogP contribution >= 0.6 is 0 Å². The summed E-state index contributed by atoms with van der Waals surface area (Å²) in [6.45, 7) is 2.80. The summed E-state index contributed by atoms with van der Waals surface area (Å²) < 4.78 is 33.9. The molecule has 1 aliphatic rings. The van der Waals surface area contributed by atoms with Crippen molar-refractivity contribution in [3.63, 3.8) is 0 Å². The first kappa shape index (κ1) is 17.3. The van der Waals surface area contributed by atoms with Crippen molar-refractivity contribution in [3.05, 3.63) is 53.6 Å². The van der Waals surface area contributed by atoms with E-state index < -0.39 is 9.84 Å². The molecule has 0 radical (unpaired) electrons. The first-order chi connectivity index (χ1) is 11.8. The lowest BCUT2D eigenvalue weighted by molar-refractivity contribution is 0.0938. The molecule has 0 saturated heterocycles. The van der Waals surface area contributed by atoms with Gasteiger partial charge in [-0.1, -0.05) is 12.1 Å². The number of carbonyl (C=O) groups is 1. The Morgan fingerprint density at radius 2 is 1.68 bits per heavy atom. The van der Waals surface area contributed by atoms with Gasteiger partial charge in [0, 0.05) is 11.8 Å². The summed E-state index contributed by atoms with van der Waals surface area (Å²) in [6.07, 6.45) is 1.16. The van der Waals surface area contributed by atoms with Crippen LogP contribution in [0.25, 0.3) is 0 Å². The molecule has 3 rings (SSSR count). The standard InChI is InChI=1S/C18H19NO5S/c1-12(13-3-6-15(7-4-13)25(2,21)22)19-18(20)14-5-8-16-17(11-14)24-10-9-23-16/h3-8,11-12H,9-10H2,1-2H3,(H,19,20)/t12-/m1/s1. The first-order valence-corrected chi connectivity index (χ1v) is 9.74. The lowest BCUT2D eigenvalue weighted by Crippen LogP contribution is -2.27. The van der Waals surface area contributed by atoms with E-state index in [0.29, 0.717) is 30.3 Å². The Balaban J connectivity index is 1.72. The van der Waals surface area contributed by atoms with Crippen molar-refractivity contribution in [2.24, 2.45) is 0 Å². The quantitative estimate of drug-likeness (QED) is 0.904. The molecule has 1 heterocycles. The molecule has 2 aromatic carbocycles. The molecule has 0 fully saturated rings. The van der Waals surface area contributed by atoms with Gasteiger partial charge in [-0.2, -0.15) is 0 Å². The molecule has 0 saturated carbocycles. The van der Waals surface area contributed by atoms with Crippen molar-refractivity contribution in [2.45, 2.75) is 17.9 Å². The number of sulfone groups is 1. The lowest BCUT2D eigenvalue weighted by atomic mass is 10.1. The van der Waals surface area contributed by atoms with Crippen LogP contribution in [0, 0.1) is 0 Å². The molecular weight excluding hydrogens is 342 g/mol. The normalized spacial score (nSPS) is 14.6. The van der Waals surface area contributed by atoms with Gasteiger partial charge < -0.3 is 14.8 Å². The third-order valence-corrected chi connectivity index (χ3v) is 5.09. The molecule has 0 bridgehead atoms. The molecule has 25 heavy (non-hydrogen) atoms. The number of fused-ring (bicyclic) bond motifs is 1. The van der Waals surface area contributed by atoms with Crippen LogP contribution in [0.4, 0.5) is 0 Å². The van der Waals surface area contributed by atoms with E-state index in [1.54, 1.807) is 30.3 Å². The van der Waals surface area contributed by atoms with Gasteiger partial charge >= 0.3 is 0 Å². The molecule has 1 atom stereocenters. The minimum atomic E-state index is -3.23. The molecule has 2 aromatic rings. The van der Waals surface area contributed by atoms with Crippen molar-refractivity contribution in [1.29, 1.82) is 0 Å². The number of nitrogens with one attached hydrogen (secondary N) is 1. The highest BCUT2D eigenvalue weighted by Crippen LogP contribution is 2.30. The van der Waals surface area contributed by atoms with Crippen LogP contribution in [0.3, 0.4) is 0 Å². The maximum absolute atomic E-state index is 12.4. The van der Waals surface area contributed by atoms with E-state index in [-0.39, 0.29) is 16.8 Å². The van der Waals surface area contributed by atoms with E-state index in [1.165, 1.54) is 12.1 Å². The van der Waals surface area contributed by atoms with Gasteiger partial charge in [0.05, 0.1) is 10.9 Å². The van der Waals surface area contributed by atoms with Crippen LogP contribution in [-0.4, -0.2) is 33.8 Å². The molecule has 6 nitrogen and oxygen atoms in total. The Morgan fingerprint density at radius 3 is 2.32 bits per heavy atom. The largest absolute Gasteiger partial charge is 0.486 e. The van der Waals surface area contributed by atoms with Crippen LogP contribution in [0.5, 0.6) is 11.5 Å². The fraction of sp³-hybridized carbons (Fsp3) is 0.278. The minimum Gasteiger partial charge on any atom is -0.486 e. The smallest absolute Gasteiger partial charge is 0.251 e. The Kier molecular flexibility index (Phi) is 4.67. The Bertz CT molecular complexity index is 890. The molecule has 0 unspecified atom stereocenters. The second kappa shape index (κ2) is 6.76. The van der Waals surface area contributed by atoms with Crippen LogP contribution in [-0.2, 0) is 9.84 Å². The zero-order valence-electron chi connectivity index (χ0n) is 14.0. The maximum atomic E-state index is 12.4. The van der Waals surface area contributed by atoms with Crippen molar-refractivity contribution in [3.8, 4) is 11.5 Å². The van der Waals surface area contributed by atoms with E-state index >= 15 is 0 Å². The number of amides is 1. The Labute approximate surface area is 146 Å². The zero-order chi connectivity index (χ0) is 18.0. The second-order valence-electron chi connectivity index (χ2n) is 5.89. The van der Waals surface area contributed by atoms with Gasteiger partial charge in [-0.15, -0.1) is 0 Å². The van der Waals surface area contributed by atoms with Gasteiger partial charge in [-0.25, -0.2) is 8.42 Å². The third-order valence-electron chi connectivity index (χ3n) is 3.96. The molecule has 1 amide bonds. The number of hydrogen-bond acceptors (Lipinski definition) is 5. The number of rotatable bonds is 4. The predicted octanol–water partition coefficient (Wildman–Crippen LogP) is 2.35. The van der Waals surface area contributed by atoms with E-state index in [9.17, 15) is 13.2 Å². The monoisotopic (exact) mass is 361 g/mol. The average Bonchev–Trinajstić information content (AvgIpc) is 2.60. The molecule has 0 spiro atoms. The minimum absolute atomic E-state index is 0.239. The van der Waals surface area contributed by atoms with Crippen molar-refractivity contribution >= 4 is 15.7 Å². The molecule has 1 N–H and O–H groups in total. The van der Waals surface area contributed by atoms with Gasteiger partial charge in [-0.05, 0) is 42.8 Å². The van der Waals surface area contributed by atoms with E-state index in [0.717, 1.165) is 11.8 Å². The summed E-state index contributed by atoms with van der Waals surface area (Å²) in [5.74, 6) is 0.952. The fourth-order valence-electron chi connectivity index (χ4n) is 2.55. The van der Waals surface area contributed by atoms with Gasteiger partial charge in [0.15, 0.2) is 21.3 Å². The second-order valence-corrected chi connectivity index (χ2v) is 7.91. The maximum Gasteiger partial charge on any atom is 0.251 e. The molecule has 7 heteroatoms. The number of ether oxygens (including phenoxy) is 2. The summed E-state index contributed by atoms with van der Waals surface area (Å²) in [5.41, 5.74) is 1.29.